The van der Waals surface area contributed by atoms with Crippen molar-refractivity contribution in [3.63, 3.8) is 0 Å². The average molecular weight is 333 g/mol. The van der Waals surface area contributed by atoms with Crippen molar-refractivity contribution < 1.29 is 13.2 Å². The zero-order chi connectivity index (χ0) is 16.4. The summed E-state index contributed by atoms with van der Waals surface area (Å²) in [5.74, 6) is -3.37. The molecule has 0 aliphatic rings. The molecule has 23 heavy (non-hydrogen) atoms. The molecule has 0 heterocycles. The molecule has 0 fully saturated rings. The molecule has 0 aliphatic heterocycles. The number of rotatable bonds is 3. The summed E-state index contributed by atoms with van der Waals surface area (Å²) in [6.07, 6.45) is 0. The van der Waals surface area contributed by atoms with E-state index in [0.717, 1.165) is 22.8 Å². The highest BCUT2D eigenvalue weighted by Crippen LogP contribution is 2.28. The Morgan fingerprint density at radius 2 is 1.13 bits per heavy atom. The normalized spacial score (nSPS) is 10.8. The SMILES string of the molecule is Fc1ccc(-c2ccc(-c3ccc(CCl)cc3)cc2)c(F)c1F. The van der Waals surface area contributed by atoms with Crippen molar-refractivity contribution in [2.45, 2.75) is 5.88 Å². The van der Waals surface area contributed by atoms with E-state index in [2.05, 4.69) is 0 Å². The van der Waals surface area contributed by atoms with E-state index in [1.54, 1.807) is 12.1 Å². The lowest BCUT2D eigenvalue weighted by atomic mass is 9.99. The molecule has 0 radical (unpaired) electrons. The summed E-state index contributed by atoms with van der Waals surface area (Å²) in [7, 11) is 0. The van der Waals surface area contributed by atoms with Gasteiger partial charge in [0.25, 0.3) is 0 Å². The van der Waals surface area contributed by atoms with E-state index in [0.29, 0.717) is 11.4 Å². The van der Waals surface area contributed by atoms with Gasteiger partial charge in [0, 0.05) is 11.4 Å². The van der Waals surface area contributed by atoms with Crippen LogP contribution in [0.2, 0.25) is 0 Å². The Kier molecular flexibility index (Phi) is 4.39. The van der Waals surface area contributed by atoms with Gasteiger partial charge in [0.2, 0.25) is 0 Å². The third-order valence-electron chi connectivity index (χ3n) is 3.67. The molecule has 0 N–H and O–H groups in total. The van der Waals surface area contributed by atoms with Gasteiger partial charge < -0.3 is 0 Å². The molecule has 3 rings (SSSR count). The second-order valence-electron chi connectivity index (χ2n) is 5.13. The van der Waals surface area contributed by atoms with Crippen LogP contribution in [0.4, 0.5) is 13.2 Å². The summed E-state index contributed by atoms with van der Waals surface area (Å²) in [5.41, 5.74) is 3.49. The van der Waals surface area contributed by atoms with Gasteiger partial charge in [-0.05, 0) is 34.4 Å². The second-order valence-corrected chi connectivity index (χ2v) is 5.40. The van der Waals surface area contributed by atoms with Crippen molar-refractivity contribution in [2.75, 3.05) is 0 Å². The van der Waals surface area contributed by atoms with Crippen LogP contribution in [0.25, 0.3) is 22.3 Å². The summed E-state index contributed by atoms with van der Waals surface area (Å²) in [6, 6.07) is 16.9. The highest BCUT2D eigenvalue weighted by atomic mass is 35.5. The molecule has 3 aromatic carbocycles. The molecule has 0 unspecified atom stereocenters. The van der Waals surface area contributed by atoms with Crippen LogP contribution in [0.1, 0.15) is 5.56 Å². The van der Waals surface area contributed by atoms with Crippen molar-refractivity contribution in [1.82, 2.24) is 0 Å². The first-order valence-electron chi connectivity index (χ1n) is 6.99. The number of halogens is 4. The Labute approximate surface area is 137 Å². The molecule has 0 atom stereocenters. The lowest BCUT2D eigenvalue weighted by molar-refractivity contribution is 0.449. The third-order valence-corrected chi connectivity index (χ3v) is 3.98. The van der Waals surface area contributed by atoms with E-state index >= 15 is 0 Å². The third kappa shape index (κ3) is 3.10. The van der Waals surface area contributed by atoms with Gasteiger partial charge in [0.15, 0.2) is 17.5 Å². The fourth-order valence-corrected chi connectivity index (χ4v) is 2.56. The van der Waals surface area contributed by atoms with Crippen LogP contribution >= 0.6 is 11.6 Å². The van der Waals surface area contributed by atoms with Crippen LogP contribution in [0.15, 0.2) is 60.7 Å². The van der Waals surface area contributed by atoms with Gasteiger partial charge in [-0.25, -0.2) is 13.2 Å². The molecular weight excluding hydrogens is 321 g/mol. The van der Waals surface area contributed by atoms with Crippen LogP contribution in [0.5, 0.6) is 0 Å². The van der Waals surface area contributed by atoms with Gasteiger partial charge in [-0.15, -0.1) is 11.6 Å². The molecular formula is C19H12ClF3. The molecule has 0 saturated carbocycles. The van der Waals surface area contributed by atoms with Crippen molar-refractivity contribution in [3.8, 4) is 22.3 Å². The molecule has 0 aliphatic carbocycles. The first-order chi connectivity index (χ1) is 11.1. The molecule has 0 bridgehead atoms. The van der Waals surface area contributed by atoms with E-state index < -0.39 is 17.5 Å². The smallest absolute Gasteiger partial charge is 0.195 e. The Morgan fingerprint density at radius 3 is 1.70 bits per heavy atom. The number of alkyl halides is 1. The van der Waals surface area contributed by atoms with Crippen LogP contribution in [-0.4, -0.2) is 0 Å². The average Bonchev–Trinajstić information content (AvgIpc) is 2.60. The molecule has 4 heteroatoms. The predicted molar refractivity (Wildman–Crippen MR) is 86.7 cm³/mol. The van der Waals surface area contributed by atoms with Crippen molar-refractivity contribution in [2.24, 2.45) is 0 Å². The molecule has 0 spiro atoms. The minimum atomic E-state index is -1.46. The van der Waals surface area contributed by atoms with Gasteiger partial charge in [0.05, 0.1) is 0 Å². The topological polar surface area (TPSA) is 0 Å². The van der Waals surface area contributed by atoms with E-state index in [1.807, 2.05) is 36.4 Å². The maximum absolute atomic E-state index is 13.8. The number of hydrogen-bond acceptors (Lipinski definition) is 0. The molecule has 116 valence electrons. The highest BCUT2D eigenvalue weighted by Gasteiger charge is 2.14. The van der Waals surface area contributed by atoms with Crippen LogP contribution in [-0.2, 0) is 5.88 Å². The van der Waals surface area contributed by atoms with E-state index in [9.17, 15) is 13.2 Å². The first-order valence-corrected chi connectivity index (χ1v) is 7.53. The molecule has 0 aromatic heterocycles. The van der Waals surface area contributed by atoms with Crippen LogP contribution < -0.4 is 0 Å². The zero-order valence-corrected chi connectivity index (χ0v) is 12.7. The number of benzene rings is 3. The fraction of sp³-hybridized carbons (Fsp3) is 0.0526. The zero-order valence-electron chi connectivity index (χ0n) is 12.0. The molecule has 0 saturated heterocycles. The summed E-state index contributed by atoms with van der Waals surface area (Å²) in [6.45, 7) is 0. The second kappa shape index (κ2) is 6.47. The summed E-state index contributed by atoms with van der Waals surface area (Å²) in [4.78, 5) is 0. The van der Waals surface area contributed by atoms with Crippen LogP contribution in [0, 0.1) is 17.5 Å². The monoisotopic (exact) mass is 332 g/mol. The maximum Gasteiger partial charge on any atom is 0.195 e. The quantitative estimate of drug-likeness (QED) is 0.397. The summed E-state index contributed by atoms with van der Waals surface area (Å²) < 4.78 is 40.2. The van der Waals surface area contributed by atoms with Crippen molar-refractivity contribution >= 4 is 11.6 Å². The Morgan fingerprint density at radius 1 is 0.609 bits per heavy atom. The van der Waals surface area contributed by atoms with E-state index in [4.69, 9.17) is 11.6 Å². The lowest BCUT2D eigenvalue weighted by Gasteiger charge is -2.07. The molecule has 0 amide bonds. The Bertz CT molecular complexity index is 824. The standard InChI is InChI=1S/C19H12ClF3/c20-11-12-1-3-13(4-2-12)14-5-7-15(8-6-14)16-9-10-17(21)19(23)18(16)22/h1-10H,11H2. The van der Waals surface area contributed by atoms with Crippen molar-refractivity contribution in [1.29, 1.82) is 0 Å². The number of hydrogen-bond donors (Lipinski definition) is 0. The molecule has 0 nitrogen and oxygen atoms in total. The summed E-state index contributed by atoms with van der Waals surface area (Å²) in [5, 5.41) is 0. The minimum absolute atomic E-state index is 0.0351. The lowest BCUT2D eigenvalue weighted by Crippen LogP contribution is -1.93. The van der Waals surface area contributed by atoms with Crippen molar-refractivity contribution in [3.05, 3.63) is 83.7 Å². The van der Waals surface area contributed by atoms with Crippen LogP contribution in [0.3, 0.4) is 0 Å². The van der Waals surface area contributed by atoms with E-state index in [1.165, 1.54) is 6.07 Å². The van der Waals surface area contributed by atoms with E-state index in [-0.39, 0.29) is 5.56 Å². The maximum atomic E-state index is 13.8. The Balaban J connectivity index is 1.94. The van der Waals surface area contributed by atoms with Gasteiger partial charge in [-0.1, -0.05) is 48.5 Å². The first kappa shape index (κ1) is 15.6. The van der Waals surface area contributed by atoms with Gasteiger partial charge in [-0.3, -0.25) is 0 Å². The fourth-order valence-electron chi connectivity index (χ4n) is 2.38. The Hall–Kier alpha value is -2.26. The van der Waals surface area contributed by atoms with Gasteiger partial charge >= 0.3 is 0 Å². The molecule has 3 aromatic rings. The highest BCUT2D eigenvalue weighted by molar-refractivity contribution is 6.17. The summed E-state index contributed by atoms with van der Waals surface area (Å²) >= 11 is 5.76. The van der Waals surface area contributed by atoms with Gasteiger partial charge in [-0.2, -0.15) is 0 Å². The minimum Gasteiger partial charge on any atom is -0.204 e. The van der Waals surface area contributed by atoms with Gasteiger partial charge in [0.1, 0.15) is 0 Å². The largest absolute Gasteiger partial charge is 0.204 e. The predicted octanol–water partition coefficient (Wildman–Crippen LogP) is 6.18.